The van der Waals surface area contributed by atoms with Gasteiger partial charge in [-0.05, 0) is 27.7 Å². The van der Waals surface area contributed by atoms with Gasteiger partial charge in [0, 0.05) is 24.6 Å². The van der Waals surface area contributed by atoms with Crippen LogP contribution in [0, 0.1) is 0 Å². The third-order valence-electron chi connectivity index (χ3n) is 2.43. The molecular weight excluding hydrogens is 374 g/mol. The van der Waals surface area contributed by atoms with Crippen LogP contribution in [0.2, 0.25) is 0 Å². The van der Waals surface area contributed by atoms with Gasteiger partial charge in [-0.15, -0.1) is 11.5 Å². The van der Waals surface area contributed by atoms with E-state index in [1.165, 1.54) is 26.0 Å². The molecule has 0 radical (unpaired) electrons. The normalized spacial score (nSPS) is 13.0. The molecule has 25 heavy (non-hydrogen) atoms. The van der Waals surface area contributed by atoms with Gasteiger partial charge in [-0.3, -0.25) is 9.98 Å². The summed E-state index contributed by atoms with van der Waals surface area (Å²) < 4.78 is 10.2. The Morgan fingerprint density at radius 1 is 0.760 bits per heavy atom. The molecule has 0 spiro atoms. The van der Waals surface area contributed by atoms with Crippen molar-refractivity contribution in [1.82, 2.24) is 0 Å². The van der Waals surface area contributed by atoms with Gasteiger partial charge in [-0.2, -0.15) is 0 Å². The van der Waals surface area contributed by atoms with Crippen molar-refractivity contribution in [1.29, 1.82) is 0 Å². The Morgan fingerprint density at radius 2 is 1.08 bits per heavy atom. The summed E-state index contributed by atoms with van der Waals surface area (Å²) in [5.41, 5.74) is 1.53. The van der Waals surface area contributed by atoms with Gasteiger partial charge < -0.3 is 19.7 Å². The number of nitrogens with zero attached hydrogens (tertiary/aromatic N) is 2. The molecule has 0 fully saturated rings. The molecule has 0 aromatic heterocycles. The number of aliphatic imine (C=N–C) groups is 2. The molecule has 0 bridgehead atoms. The minimum atomic E-state index is 0. The first kappa shape index (κ1) is 28.8. The van der Waals surface area contributed by atoms with Crippen molar-refractivity contribution in [3.05, 3.63) is 23.7 Å². The third kappa shape index (κ3) is 28.1. The van der Waals surface area contributed by atoms with Crippen molar-refractivity contribution in [2.75, 3.05) is 39.5 Å². The van der Waals surface area contributed by atoms with E-state index in [1.54, 1.807) is 0 Å². The van der Waals surface area contributed by atoms with E-state index in [-0.39, 0.29) is 31.0 Å². The zero-order valence-electron chi connectivity index (χ0n) is 16.6. The van der Waals surface area contributed by atoms with Crippen LogP contribution in [-0.4, -0.2) is 50.9 Å². The first-order valence-corrected chi connectivity index (χ1v) is 8.21. The van der Waals surface area contributed by atoms with E-state index in [0.717, 1.165) is 11.4 Å². The van der Waals surface area contributed by atoms with Crippen LogP contribution < -0.4 is 10.2 Å². The van der Waals surface area contributed by atoms with E-state index in [2.05, 4.69) is 9.98 Å². The van der Waals surface area contributed by atoms with Gasteiger partial charge in [-0.1, -0.05) is 26.0 Å². The van der Waals surface area contributed by atoms with Crippen LogP contribution in [-0.2, 0) is 29.0 Å². The maximum atomic E-state index is 10.6. The zero-order chi connectivity index (χ0) is 18.8. The van der Waals surface area contributed by atoms with E-state index in [4.69, 9.17) is 9.47 Å². The van der Waals surface area contributed by atoms with E-state index in [1.807, 2.05) is 27.7 Å². The number of ether oxygens (including phenoxy) is 2. The largest absolute Gasteiger partial charge is 2.00 e. The van der Waals surface area contributed by atoms with Gasteiger partial charge in [-0.25, -0.2) is 0 Å². The molecule has 0 saturated heterocycles. The summed E-state index contributed by atoms with van der Waals surface area (Å²) in [7, 11) is 0. The third-order valence-corrected chi connectivity index (χ3v) is 2.43. The van der Waals surface area contributed by atoms with Crippen molar-refractivity contribution in [3.8, 4) is 0 Å². The van der Waals surface area contributed by atoms with Crippen molar-refractivity contribution in [3.63, 3.8) is 0 Å². The molecule has 0 atom stereocenters. The monoisotopic (exact) mass is 404 g/mol. The van der Waals surface area contributed by atoms with Gasteiger partial charge >= 0.3 is 19.5 Å². The smallest absolute Gasteiger partial charge is 0.876 e. The first-order chi connectivity index (χ1) is 11.3. The maximum Gasteiger partial charge on any atom is 2.00 e. The molecule has 0 N–H and O–H groups in total. The molecule has 0 aromatic carbocycles. The molecule has 0 amide bonds. The number of hydrogen-bond donors (Lipinski definition) is 0. The Bertz CT molecular complexity index is 385. The SMILES string of the molecule is CCOCCN=C(C)/C=C(/C)[O-].CCOCCN=C(C)/C=C(/C)[O-].[Zn+2]. The van der Waals surface area contributed by atoms with Crippen molar-refractivity contribution in [2.45, 2.75) is 41.5 Å². The molecule has 6 nitrogen and oxygen atoms in total. The summed E-state index contributed by atoms with van der Waals surface area (Å²) >= 11 is 0. The second-order valence-corrected chi connectivity index (χ2v) is 4.95. The van der Waals surface area contributed by atoms with Crippen LogP contribution in [0.5, 0.6) is 0 Å². The standard InChI is InChI=1S/2C9H17NO2.Zn/c2*1-4-12-6-5-10-8(2)7-9(3)11;/h2*7,11H,4-6H2,1-3H3;/q;;+2/p-2/b2*9-7-,10-8?;. The summed E-state index contributed by atoms with van der Waals surface area (Å²) in [6.07, 6.45) is 3.04. The number of hydrogen-bond acceptors (Lipinski definition) is 6. The average Bonchev–Trinajstić information content (AvgIpc) is 2.47. The van der Waals surface area contributed by atoms with Gasteiger partial charge in [0.25, 0.3) is 0 Å². The summed E-state index contributed by atoms with van der Waals surface area (Å²) in [5.74, 6) is 0.0697. The number of rotatable bonds is 10. The Kier molecular flexibility index (Phi) is 24.2. The van der Waals surface area contributed by atoms with Gasteiger partial charge in [0.05, 0.1) is 26.3 Å². The molecule has 0 heterocycles. The molecule has 0 aliphatic carbocycles. The van der Waals surface area contributed by atoms with Crippen molar-refractivity contribution < 1.29 is 39.2 Å². The van der Waals surface area contributed by atoms with Crippen molar-refractivity contribution >= 4 is 11.4 Å². The maximum absolute atomic E-state index is 10.6. The molecule has 0 aliphatic rings. The summed E-state index contributed by atoms with van der Waals surface area (Å²) in [4.78, 5) is 8.23. The van der Waals surface area contributed by atoms with Crippen LogP contribution in [0.3, 0.4) is 0 Å². The fraction of sp³-hybridized carbons (Fsp3) is 0.667. The summed E-state index contributed by atoms with van der Waals surface area (Å²) in [6, 6.07) is 0. The minimum absolute atomic E-state index is 0. The first-order valence-electron chi connectivity index (χ1n) is 8.21. The summed E-state index contributed by atoms with van der Waals surface area (Å²) in [6.45, 7) is 14.5. The van der Waals surface area contributed by atoms with Crippen LogP contribution >= 0.6 is 0 Å². The molecule has 0 saturated carbocycles. The van der Waals surface area contributed by atoms with E-state index >= 15 is 0 Å². The zero-order valence-corrected chi connectivity index (χ0v) is 19.6. The molecule has 7 heteroatoms. The molecule has 0 unspecified atom stereocenters. The number of allylic oxidation sites excluding steroid dienone is 4. The predicted molar refractivity (Wildman–Crippen MR) is 96.5 cm³/mol. The average molecular weight is 406 g/mol. The molecular formula is C18H32N2O4Zn. The second-order valence-electron chi connectivity index (χ2n) is 4.95. The summed E-state index contributed by atoms with van der Waals surface area (Å²) in [5, 5.41) is 21.2. The Morgan fingerprint density at radius 3 is 1.32 bits per heavy atom. The quantitative estimate of drug-likeness (QED) is 0.238. The molecule has 0 aliphatic heterocycles. The van der Waals surface area contributed by atoms with Gasteiger partial charge in [0.2, 0.25) is 0 Å². The fourth-order valence-electron chi connectivity index (χ4n) is 1.54. The Hall–Kier alpha value is -1.04. The molecule has 0 rings (SSSR count). The molecule has 0 aromatic rings. The Balaban J connectivity index is -0.000000372. The molecule has 140 valence electrons. The van der Waals surface area contributed by atoms with Gasteiger partial charge in [0.15, 0.2) is 0 Å². The predicted octanol–water partition coefficient (Wildman–Crippen LogP) is 1.49. The van der Waals surface area contributed by atoms with Crippen LogP contribution in [0.1, 0.15) is 41.5 Å². The topological polar surface area (TPSA) is 89.3 Å². The van der Waals surface area contributed by atoms with Crippen LogP contribution in [0.4, 0.5) is 0 Å². The fourth-order valence-corrected chi connectivity index (χ4v) is 1.54. The van der Waals surface area contributed by atoms with Gasteiger partial charge in [0.1, 0.15) is 0 Å². The van der Waals surface area contributed by atoms with E-state index in [9.17, 15) is 10.2 Å². The van der Waals surface area contributed by atoms with E-state index < -0.39 is 0 Å². The minimum Gasteiger partial charge on any atom is -0.876 e. The Labute approximate surface area is 165 Å². The van der Waals surface area contributed by atoms with Crippen LogP contribution in [0.25, 0.3) is 0 Å². The van der Waals surface area contributed by atoms with E-state index in [0.29, 0.717) is 39.5 Å². The second kappa shape index (κ2) is 21.0. The van der Waals surface area contributed by atoms with Crippen molar-refractivity contribution in [2.24, 2.45) is 9.98 Å². The van der Waals surface area contributed by atoms with Crippen LogP contribution in [0.15, 0.2) is 33.7 Å².